The van der Waals surface area contributed by atoms with E-state index in [1.54, 1.807) is 6.07 Å². The Hall–Kier alpha value is -1.88. The molecule has 0 unspecified atom stereocenters. The van der Waals surface area contributed by atoms with E-state index < -0.39 is 11.7 Å². The van der Waals surface area contributed by atoms with Crippen LogP contribution in [0.2, 0.25) is 0 Å². The van der Waals surface area contributed by atoms with Crippen LogP contribution in [0.5, 0.6) is 5.75 Å². The molecule has 0 fully saturated rings. The van der Waals surface area contributed by atoms with Crippen molar-refractivity contribution in [3.63, 3.8) is 0 Å². The summed E-state index contributed by atoms with van der Waals surface area (Å²) in [7, 11) is 0. The predicted molar refractivity (Wildman–Crippen MR) is 84.1 cm³/mol. The van der Waals surface area contributed by atoms with Crippen LogP contribution in [-0.4, -0.2) is 12.5 Å². The molecule has 0 radical (unpaired) electrons. The van der Waals surface area contributed by atoms with Gasteiger partial charge in [-0.2, -0.15) is 0 Å². The van der Waals surface area contributed by atoms with Gasteiger partial charge in [0.25, 0.3) is 5.91 Å². The number of hydrogen-bond donors (Lipinski definition) is 1. The number of amides is 1. The number of ether oxygens (including phenoxy) is 1. The van der Waals surface area contributed by atoms with Crippen molar-refractivity contribution in [1.82, 2.24) is 0 Å². The molecule has 2 aromatic carbocycles. The van der Waals surface area contributed by atoms with Gasteiger partial charge in [-0.1, -0.05) is 34.1 Å². The summed E-state index contributed by atoms with van der Waals surface area (Å²) in [5, 5.41) is 2.49. The van der Waals surface area contributed by atoms with Gasteiger partial charge in [0, 0.05) is 4.47 Å². The lowest BCUT2D eigenvalue weighted by Gasteiger charge is -2.12. The highest BCUT2D eigenvalue weighted by atomic mass is 79.9. The van der Waals surface area contributed by atoms with Crippen molar-refractivity contribution in [2.24, 2.45) is 0 Å². The van der Waals surface area contributed by atoms with Gasteiger partial charge >= 0.3 is 0 Å². The van der Waals surface area contributed by atoms with Gasteiger partial charge < -0.3 is 10.1 Å². The Labute approximate surface area is 131 Å². The third-order valence-electron chi connectivity index (χ3n) is 2.96. The first-order valence-corrected chi connectivity index (χ1v) is 7.20. The van der Waals surface area contributed by atoms with Crippen LogP contribution in [0.1, 0.15) is 11.1 Å². The van der Waals surface area contributed by atoms with Crippen LogP contribution >= 0.6 is 15.9 Å². The van der Waals surface area contributed by atoms with E-state index in [1.165, 1.54) is 12.1 Å². The minimum absolute atomic E-state index is 0.133. The molecule has 1 amide bonds. The number of rotatable bonds is 4. The van der Waals surface area contributed by atoms with Crippen LogP contribution in [0.25, 0.3) is 0 Å². The SMILES string of the molecule is Cc1cccc(C)c1OCC(=O)Nc1ccc(Br)cc1F. The summed E-state index contributed by atoms with van der Waals surface area (Å²) in [6, 6.07) is 10.2. The molecule has 5 heteroatoms. The summed E-state index contributed by atoms with van der Waals surface area (Å²) < 4.78 is 19.8. The molecule has 3 nitrogen and oxygen atoms in total. The lowest BCUT2D eigenvalue weighted by Crippen LogP contribution is -2.21. The molecule has 0 atom stereocenters. The maximum atomic E-state index is 13.6. The maximum Gasteiger partial charge on any atom is 0.262 e. The Kier molecular flexibility index (Phi) is 4.96. The van der Waals surface area contributed by atoms with Crippen molar-refractivity contribution < 1.29 is 13.9 Å². The largest absolute Gasteiger partial charge is 0.483 e. The average molecular weight is 352 g/mol. The molecule has 0 heterocycles. The van der Waals surface area contributed by atoms with E-state index >= 15 is 0 Å². The molecule has 110 valence electrons. The number of nitrogens with one attached hydrogen (secondary N) is 1. The summed E-state index contributed by atoms with van der Waals surface area (Å²) in [5.74, 6) is -0.215. The number of halogens is 2. The zero-order valence-electron chi connectivity index (χ0n) is 11.7. The third-order valence-corrected chi connectivity index (χ3v) is 3.45. The zero-order chi connectivity index (χ0) is 15.4. The van der Waals surface area contributed by atoms with Crippen LogP contribution in [0, 0.1) is 19.7 Å². The van der Waals surface area contributed by atoms with Crippen LogP contribution in [0.3, 0.4) is 0 Å². The second-order valence-electron chi connectivity index (χ2n) is 4.68. The summed E-state index contributed by atoms with van der Waals surface area (Å²) in [4.78, 5) is 11.8. The Bertz CT molecular complexity index is 653. The summed E-state index contributed by atoms with van der Waals surface area (Å²) in [6.45, 7) is 3.66. The highest BCUT2D eigenvalue weighted by Gasteiger charge is 2.10. The normalized spacial score (nSPS) is 10.3. The highest BCUT2D eigenvalue weighted by molar-refractivity contribution is 9.10. The van der Waals surface area contributed by atoms with Gasteiger partial charge in [-0.25, -0.2) is 4.39 Å². The molecule has 0 spiro atoms. The first kappa shape index (κ1) is 15.5. The van der Waals surface area contributed by atoms with Crippen molar-refractivity contribution in [1.29, 1.82) is 0 Å². The third kappa shape index (κ3) is 4.04. The molecule has 0 bridgehead atoms. The second-order valence-corrected chi connectivity index (χ2v) is 5.60. The molecule has 0 saturated carbocycles. The van der Waals surface area contributed by atoms with Gasteiger partial charge in [0.05, 0.1) is 5.69 Å². The van der Waals surface area contributed by atoms with E-state index in [1.807, 2.05) is 32.0 Å². The number of benzene rings is 2. The van der Waals surface area contributed by atoms with E-state index in [-0.39, 0.29) is 12.3 Å². The maximum absolute atomic E-state index is 13.6. The molecule has 21 heavy (non-hydrogen) atoms. The van der Waals surface area contributed by atoms with Gasteiger partial charge in [0.1, 0.15) is 11.6 Å². The van der Waals surface area contributed by atoms with E-state index in [0.717, 1.165) is 11.1 Å². The van der Waals surface area contributed by atoms with Crippen LogP contribution in [0.15, 0.2) is 40.9 Å². The standard InChI is InChI=1S/C16H15BrFNO2/c1-10-4-3-5-11(2)16(10)21-9-15(20)19-14-7-6-12(17)8-13(14)18/h3-8H,9H2,1-2H3,(H,19,20). The number of para-hydroxylation sites is 1. The molecule has 1 N–H and O–H groups in total. The molecule has 0 aliphatic rings. The van der Waals surface area contributed by atoms with E-state index in [9.17, 15) is 9.18 Å². The molecular formula is C16H15BrFNO2. The van der Waals surface area contributed by atoms with Crippen LogP contribution < -0.4 is 10.1 Å². The van der Waals surface area contributed by atoms with E-state index in [0.29, 0.717) is 10.2 Å². The average Bonchev–Trinajstić information content (AvgIpc) is 2.41. The Morgan fingerprint density at radius 1 is 1.24 bits per heavy atom. The fraction of sp³-hybridized carbons (Fsp3) is 0.188. The van der Waals surface area contributed by atoms with Gasteiger partial charge in [0.2, 0.25) is 0 Å². The number of carbonyl (C=O) groups is 1. The van der Waals surface area contributed by atoms with E-state index in [2.05, 4.69) is 21.2 Å². The Morgan fingerprint density at radius 3 is 2.52 bits per heavy atom. The Balaban J connectivity index is 1.99. The first-order chi connectivity index (χ1) is 9.97. The van der Waals surface area contributed by atoms with Crippen molar-refractivity contribution in [3.8, 4) is 5.75 Å². The summed E-state index contributed by atoms with van der Waals surface area (Å²) in [6.07, 6.45) is 0. The van der Waals surface area contributed by atoms with E-state index in [4.69, 9.17) is 4.74 Å². The lowest BCUT2D eigenvalue weighted by atomic mass is 10.1. The number of hydrogen-bond acceptors (Lipinski definition) is 2. The second kappa shape index (κ2) is 6.72. The number of carbonyl (C=O) groups excluding carboxylic acids is 1. The zero-order valence-corrected chi connectivity index (χ0v) is 13.3. The minimum Gasteiger partial charge on any atom is -0.483 e. The van der Waals surface area contributed by atoms with Crippen molar-refractivity contribution in [2.45, 2.75) is 13.8 Å². The van der Waals surface area contributed by atoms with Crippen LogP contribution in [0.4, 0.5) is 10.1 Å². The monoisotopic (exact) mass is 351 g/mol. The Morgan fingerprint density at radius 2 is 1.90 bits per heavy atom. The van der Waals surface area contributed by atoms with Crippen molar-refractivity contribution in [2.75, 3.05) is 11.9 Å². The summed E-state index contributed by atoms with van der Waals surface area (Å²) >= 11 is 3.16. The van der Waals surface area contributed by atoms with Crippen molar-refractivity contribution >= 4 is 27.5 Å². The molecule has 0 aliphatic heterocycles. The number of anilines is 1. The first-order valence-electron chi connectivity index (χ1n) is 6.41. The molecule has 0 aliphatic carbocycles. The lowest BCUT2D eigenvalue weighted by molar-refractivity contribution is -0.118. The molecule has 0 aromatic heterocycles. The number of aryl methyl sites for hydroxylation is 2. The molecule has 2 rings (SSSR count). The molecular weight excluding hydrogens is 337 g/mol. The van der Waals surface area contributed by atoms with Crippen LogP contribution in [-0.2, 0) is 4.79 Å². The van der Waals surface area contributed by atoms with Gasteiger partial charge in [-0.15, -0.1) is 0 Å². The predicted octanol–water partition coefficient (Wildman–Crippen LogP) is 4.22. The minimum atomic E-state index is -0.496. The fourth-order valence-corrected chi connectivity index (χ4v) is 2.27. The quantitative estimate of drug-likeness (QED) is 0.895. The molecule has 0 saturated heterocycles. The van der Waals surface area contributed by atoms with Gasteiger partial charge in [-0.3, -0.25) is 4.79 Å². The smallest absolute Gasteiger partial charge is 0.262 e. The fourth-order valence-electron chi connectivity index (χ4n) is 1.94. The topological polar surface area (TPSA) is 38.3 Å². The summed E-state index contributed by atoms with van der Waals surface area (Å²) in [5.41, 5.74) is 2.04. The van der Waals surface area contributed by atoms with Crippen molar-refractivity contribution in [3.05, 3.63) is 57.8 Å². The highest BCUT2D eigenvalue weighted by Crippen LogP contribution is 2.22. The van der Waals surface area contributed by atoms with Gasteiger partial charge in [-0.05, 0) is 43.2 Å². The van der Waals surface area contributed by atoms with Gasteiger partial charge in [0.15, 0.2) is 6.61 Å². The molecule has 2 aromatic rings.